The monoisotopic (exact) mass is 260 g/mol. The molecule has 0 aliphatic heterocycles. The van der Waals surface area contributed by atoms with Crippen molar-refractivity contribution in [1.29, 1.82) is 5.26 Å². The summed E-state index contributed by atoms with van der Waals surface area (Å²) in [7, 11) is 0. The van der Waals surface area contributed by atoms with Crippen LogP contribution in [0.15, 0.2) is 29.1 Å². The molecule has 0 amide bonds. The molecule has 0 spiro atoms. The van der Waals surface area contributed by atoms with Crippen molar-refractivity contribution in [2.45, 2.75) is 0 Å². The second-order valence-corrected chi connectivity index (χ2v) is 2.86. The maximum atomic E-state index is 11.5. The minimum absolute atomic E-state index is 0. The molecule has 0 saturated heterocycles. The third-order valence-electron chi connectivity index (χ3n) is 2.03. The molecule has 8 heteroatoms. The van der Waals surface area contributed by atoms with E-state index >= 15 is 0 Å². The summed E-state index contributed by atoms with van der Waals surface area (Å²) in [6.07, 6.45) is 0. The molecule has 1 heterocycles. The minimum Gasteiger partial charge on any atom is -0.870 e. The van der Waals surface area contributed by atoms with Gasteiger partial charge in [0.2, 0.25) is 5.52 Å². The van der Waals surface area contributed by atoms with Gasteiger partial charge in [-0.1, -0.05) is 12.1 Å². The van der Waals surface area contributed by atoms with Gasteiger partial charge in [0.1, 0.15) is 0 Å². The molecule has 0 fully saturated rings. The smallest absolute Gasteiger partial charge is 0.870 e. The van der Waals surface area contributed by atoms with E-state index in [1.165, 1.54) is 18.2 Å². The fourth-order valence-electron chi connectivity index (χ4n) is 1.33. The van der Waals surface area contributed by atoms with Gasteiger partial charge in [-0.3, -0.25) is 4.79 Å². The average Bonchev–Trinajstić information content (AvgIpc) is 2.27. The summed E-state index contributed by atoms with van der Waals surface area (Å²) in [5, 5.41) is 29.5. The van der Waals surface area contributed by atoms with Gasteiger partial charge < -0.3 is 15.9 Å². The zero-order chi connectivity index (χ0) is 11.0. The molecular weight excluding hydrogens is 254 g/mol. The van der Waals surface area contributed by atoms with Crippen molar-refractivity contribution >= 4 is 48.8 Å². The maximum Gasteiger partial charge on any atom is 2.00 e. The van der Waals surface area contributed by atoms with E-state index < -0.39 is 11.3 Å². The van der Waals surface area contributed by atoms with E-state index in [0.29, 0.717) is 4.73 Å². The first-order valence-electron chi connectivity index (χ1n) is 4.03. The van der Waals surface area contributed by atoms with Crippen molar-refractivity contribution in [1.82, 2.24) is 4.73 Å². The van der Waals surface area contributed by atoms with Crippen molar-refractivity contribution in [2.24, 2.45) is 0 Å². The Morgan fingerprint density at radius 3 is 2.59 bits per heavy atom. The molecule has 2 aromatic rings. The van der Waals surface area contributed by atoms with Crippen molar-refractivity contribution in [3.63, 3.8) is 0 Å². The van der Waals surface area contributed by atoms with E-state index in [0.717, 1.165) is 0 Å². The summed E-state index contributed by atoms with van der Waals surface area (Å²) in [6, 6.07) is 7.42. The van der Waals surface area contributed by atoms with E-state index in [1.807, 2.05) is 0 Å². The number of rotatable bonds is 0. The van der Waals surface area contributed by atoms with Crippen LogP contribution in [0.2, 0.25) is 0 Å². The number of nitrogens with zero attached hydrogens (tertiary/aromatic N) is 3. The summed E-state index contributed by atoms with van der Waals surface area (Å²) < 4.78 is 0.507. The molecule has 1 aromatic heterocycles. The molecule has 2 rings (SSSR count). The van der Waals surface area contributed by atoms with Crippen LogP contribution in [0.25, 0.3) is 11.0 Å². The SMILES string of the molecule is N#Cc1c(=O)n(O)c2ccccc2[n+]1[O-].[Ca+2].[OH-]. The van der Waals surface area contributed by atoms with Crippen molar-refractivity contribution in [2.75, 3.05) is 0 Å². The largest absolute Gasteiger partial charge is 2.00 e. The van der Waals surface area contributed by atoms with Gasteiger partial charge in [0, 0.05) is 6.07 Å². The molecule has 82 valence electrons. The van der Waals surface area contributed by atoms with E-state index in [9.17, 15) is 15.2 Å². The molecule has 0 aliphatic carbocycles. The number of para-hydroxylation sites is 2. The molecule has 0 unspecified atom stereocenters. The Morgan fingerprint density at radius 1 is 1.41 bits per heavy atom. The second kappa shape index (κ2) is 5.84. The van der Waals surface area contributed by atoms with Gasteiger partial charge in [-0.15, -0.1) is 9.46 Å². The number of hydrogen-bond acceptors (Lipinski definition) is 5. The first kappa shape index (κ1) is 15.7. The predicted molar refractivity (Wildman–Crippen MR) is 56.8 cm³/mol. The Kier molecular flexibility index (Phi) is 5.38. The second-order valence-electron chi connectivity index (χ2n) is 2.86. The fourth-order valence-corrected chi connectivity index (χ4v) is 1.33. The molecular formula is C9H6CaN3O4+. The number of nitriles is 1. The first-order chi connectivity index (χ1) is 7.16. The fraction of sp³-hybridized carbons (Fsp3) is 0. The summed E-state index contributed by atoms with van der Waals surface area (Å²) >= 11 is 0. The zero-order valence-electron chi connectivity index (χ0n) is 8.57. The molecule has 0 radical (unpaired) electrons. The summed E-state index contributed by atoms with van der Waals surface area (Å²) in [5.41, 5.74) is -1.55. The van der Waals surface area contributed by atoms with Gasteiger partial charge in [-0.2, -0.15) is 5.26 Å². The van der Waals surface area contributed by atoms with Crippen LogP contribution in [0.3, 0.4) is 0 Å². The molecule has 0 saturated carbocycles. The summed E-state index contributed by atoms with van der Waals surface area (Å²) in [4.78, 5) is 11.3. The summed E-state index contributed by atoms with van der Waals surface area (Å²) in [5.74, 6) is 0. The molecule has 7 nitrogen and oxygen atoms in total. The van der Waals surface area contributed by atoms with E-state index in [4.69, 9.17) is 5.26 Å². The molecule has 0 atom stereocenters. The van der Waals surface area contributed by atoms with Crippen LogP contribution in [-0.4, -0.2) is 53.2 Å². The van der Waals surface area contributed by atoms with Gasteiger partial charge in [0.15, 0.2) is 11.6 Å². The molecule has 1 aromatic carbocycles. The van der Waals surface area contributed by atoms with Gasteiger partial charge in [-0.05, 0) is 6.07 Å². The van der Waals surface area contributed by atoms with Crippen molar-refractivity contribution in [3.8, 4) is 6.07 Å². The van der Waals surface area contributed by atoms with Gasteiger partial charge in [0.05, 0.1) is 0 Å². The van der Waals surface area contributed by atoms with Crippen LogP contribution in [0.1, 0.15) is 5.69 Å². The van der Waals surface area contributed by atoms with Crippen LogP contribution >= 0.6 is 0 Å². The molecule has 0 aliphatic rings. The minimum atomic E-state index is -1.02. The van der Waals surface area contributed by atoms with Crippen LogP contribution in [0.4, 0.5) is 0 Å². The standard InChI is InChI=1S/C9H5N3O3.Ca.H2O/c10-5-8-9(13)12(15)7-4-2-1-3-6(7)11(8)14;;/h1-4,15H;;1H2/q;+2;/p-1. The molecule has 2 N–H and O–H groups in total. The Balaban J connectivity index is 0.00000128. The number of fused-ring (bicyclic) bond motifs is 1. The van der Waals surface area contributed by atoms with Crippen LogP contribution in [0.5, 0.6) is 0 Å². The topological polar surface area (TPSA) is 123 Å². The van der Waals surface area contributed by atoms with Crippen molar-refractivity contribution in [3.05, 3.63) is 45.5 Å². The first-order valence-corrected chi connectivity index (χ1v) is 4.03. The quantitative estimate of drug-likeness (QED) is 0.287. The Labute approximate surface area is 125 Å². The van der Waals surface area contributed by atoms with E-state index in [2.05, 4.69) is 0 Å². The van der Waals surface area contributed by atoms with Gasteiger partial charge >= 0.3 is 49.0 Å². The Morgan fingerprint density at radius 2 is 2.00 bits per heavy atom. The van der Waals surface area contributed by atoms with Crippen LogP contribution in [-0.2, 0) is 0 Å². The normalized spacial score (nSPS) is 8.88. The van der Waals surface area contributed by atoms with Crippen LogP contribution in [0, 0.1) is 16.5 Å². The number of hydrogen-bond donors (Lipinski definition) is 1. The van der Waals surface area contributed by atoms with Gasteiger partial charge in [-0.25, -0.2) is 0 Å². The molecule has 17 heavy (non-hydrogen) atoms. The molecule has 0 bridgehead atoms. The third-order valence-corrected chi connectivity index (χ3v) is 2.03. The van der Waals surface area contributed by atoms with E-state index in [-0.39, 0.29) is 59.0 Å². The number of aromatic nitrogens is 2. The van der Waals surface area contributed by atoms with Gasteiger partial charge in [0.25, 0.3) is 0 Å². The predicted octanol–water partition coefficient (Wildman–Crippen LogP) is -0.814. The average molecular weight is 260 g/mol. The Hall–Kier alpha value is -1.33. The maximum absolute atomic E-state index is 11.5. The van der Waals surface area contributed by atoms with E-state index in [1.54, 1.807) is 12.1 Å². The summed E-state index contributed by atoms with van der Waals surface area (Å²) in [6.45, 7) is 0. The Bertz CT molecular complexity index is 647. The van der Waals surface area contributed by atoms with Crippen molar-refractivity contribution < 1.29 is 15.4 Å². The zero-order valence-corrected chi connectivity index (χ0v) is 10.8. The number of benzene rings is 1. The third kappa shape index (κ3) is 2.35. The van der Waals surface area contributed by atoms with Crippen LogP contribution < -0.4 is 10.3 Å².